The minimum atomic E-state index is -4.08. The zero-order chi connectivity index (χ0) is 15.5. The van der Waals surface area contributed by atoms with Gasteiger partial charge in [0, 0.05) is 0 Å². The van der Waals surface area contributed by atoms with E-state index in [9.17, 15) is 18.0 Å². The molecule has 0 bridgehead atoms. The molecule has 1 aromatic rings. The highest BCUT2D eigenvalue weighted by Gasteiger charge is 2.27. The number of nitrogens with one attached hydrogen (secondary N) is 1. The predicted molar refractivity (Wildman–Crippen MR) is 69.9 cm³/mol. The molecule has 0 aromatic heterocycles. The van der Waals surface area contributed by atoms with Crippen LogP contribution in [0, 0.1) is 13.8 Å². The Morgan fingerprint density at radius 2 is 1.80 bits per heavy atom. The molecule has 0 aliphatic rings. The van der Waals surface area contributed by atoms with Crippen molar-refractivity contribution in [2.75, 3.05) is 0 Å². The van der Waals surface area contributed by atoms with Crippen LogP contribution in [0.5, 0.6) is 0 Å². The van der Waals surface area contributed by atoms with Crippen LogP contribution in [0.3, 0.4) is 0 Å². The van der Waals surface area contributed by atoms with Crippen molar-refractivity contribution in [1.29, 1.82) is 0 Å². The van der Waals surface area contributed by atoms with Gasteiger partial charge in [0.05, 0.1) is 11.3 Å². The molecule has 1 atom stereocenters. The van der Waals surface area contributed by atoms with E-state index < -0.39 is 34.4 Å². The molecule has 0 aliphatic carbocycles. The van der Waals surface area contributed by atoms with Gasteiger partial charge in [0.2, 0.25) is 10.0 Å². The molecule has 8 heteroatoms. The van der Waals surface area contributed by atoms with Crippen molar-refractivity contribution in [3.05, 3.63) is 29.3 Å². The lowest BCUT2D eigenvalue weighted by molar-refractivity contribution is -0.145. The van der Waals surface area contributed by atoms with Crippen LogP contribution in [0.4, 0.5) is 0 Å². The van der Waals surface area contributed by atoms with Gasteiger partial charge in [-0.05, 0) is 37.1 Å². The Morgan fingerprint density at radius 3 is 2.25 bits per heavy atom. The fourth-order valence-electron chi connectivity index (χ4n) is 1.49. The molecular formula is C12H15NO6S. The molecule has 0 saturated heterocycles. The monoisotopic (exact) mass is 301 g/mol. The van der Waals surface area contributed by atoms with E-state index in [1.807, 2.05) is 11.6 Å². The minimum absolute atomic E-state index is 0.0998. The van der Waals surface area contributed by atoms with E-state index in [0.29, 0.717) is 0 Å². The van der Waals surface area contributed by atoms with Crippen LogP contribution in [0.25, 0.3) is 0 Å². The molecule has 7 nitrogen and oxygen atoms in total. The van der Waals surface area contributed by atoms with Crippen molar-refractivity contribution in [3.8, 4) is 0 Å². The van der Waals surface area contributed by atoms with Gasteiger partial charge in [-0.1, -0.05) is 6.07 Å². The van der Waals surface area contributed by atoms with Crippen molar-refractivity contribution in [3.63, 3.8) is 0 Å². The Balaban J connectivity index is 3.06. The summed E-state index contributed by atoms with van der Waals surface area (Å²) < 4.78 is 25.9. The molecule has 3 N–H and O–H groups in total. The second-order valence-electron chi connectivity index (χ2n) is 4.36. The van der Waals surface area contributed by atoms with E-state index in [1.54, 1.807) is 13.0 Å². The summed E-state index contributed by atoms with van der Waals surface area (Å²) in [6.07, 6.45) is -0.834. The van der Waals surface area contributed by atoms with E-state index in [1.165, 1.54) is 12.1 Å². The Bertz CT molecular complexity index is 637. The first kappa shape index (κ1) is 16.1. The van der Waals surface area contributed by atoms with Gasteiger partial charge in [-0.3, -0.25) is 9.59 Å². The van der Waals surface area contributed by atoms with E-state index in [-0.39, 0.29) is 4.90 Å². The number of aliphatic carboxylic acids is 2. The molecule has 0 saturated carbocycles. The largest absolute Gasteiger partial charge is 0.481 e. The average molecular weight is 301 g/mol. The van der Waals surface area contributed by atoms with Crippen molar-refractivity contribution in [2.24, 2.45) is 0 Å². The summed E-state index contributed by atoms with van der Waals surface area (Å²) in [5, 5.41) is 17.4. The lowest BCUT2D eigenvalue weighted by Gasteiger charge is -2.13. The molecule has 0 radical (unpaired) electrons. The topological polar surface area (TPSA) is 121 Å². The van der Waals surface area contributed by atoms with Gasteiger partial charge < -0.3 is 10.2 Å². The molecule has 1 aromatic carbocycles. The molecule has 110 valence electrons. The van der Waals surface area contributed by atoms with Crippen LogP contribution in [-0.2, 0) is 19.6 Å². The van der Waals surface area contributed by atoms with Crippen molar-refractivity contribution < 1.29 is 28.2 Å². The molecule has 20 heavy (non-hydrogen) atoms. The summed E-state index contributed by atoms with van der Waals surface area (Å²) in [5.74, 6) is -2.94. The van der Waals surface area contributed by atoms with Gasteiger partial charge in [-0.25, -0.2) is 8.42 Å². The third-order valence-corrected chi connectivity index (χ3v) is 4.23. The SMILES string of the molecule is Cc1ccc(S(=O)(=O)N[C@H](CC(=O)O)C(=O)O)cc1C. The van der Waals surface area contributed by atoms with Crippen LogP contribution >= 0.6 is 0 Å². The second-order valence-corrected chi connectivity index (χ2v) is 6.07. The normalized spacial score (nSPS) is 12.9. The number of benzene rings is 1. The van der Waals surface area contributed by atoms with Crippen LogP contribution in [0.1, 0.15) is 17.5 Å². The summed E-state index contributed by atoms with van der Waals surface area (Å²) in [6.45, 7) is 3.53. The van der Waals surface area contributed by atoms with Crippen molar-refractivity contribution >= 4 is 22.0 Å². The van der Waals surface area contributed by atoms with Crippen LogP contribution in [-0.4, -0.2) is 36.6 Å². The van der Waals surface area contributed by atoms with Crippen molar-refractivity contribution in [1.82, 2.24) is 4.72 Å². The standard InChI is InChI=1S/C12H15NO6S/c1-7-3-4-9(5-8(7)2)20(18,19)13-10(12(16)17)6-11(14)15/h3-5,10,13H,6H2,1-2H3,(H,14,15)(H,16,17)/t10-/m1/s1. The molecule has 0 unspecified atom stereocenters. The van der Waals surface area contributed by atoms with Crippen molar-refractivity contribution in [2.45, 2.75) is 31.2 Å². The number of sulfonamides is 1. The van der Waals surface area contributed by atoms with E-state index >= 15 is 0 Å². The van der Waals surface area contributed by atoms with Crippen LogP contribution in [0.2, 0.25) is 0 Å². The molecule has 0 aliphatic heterocycles. The fraction of sp³-hybridized carbons (Fsp3) is 0.333. The number of aryl methyl sites for hydroxylation is 2. The van der Waals surface area contributed by atoms with Gasteiger partial charge >= 0.3 is 11.9 Å². The molecule has 0 fully saturated rings. The molecule has 0 spiro atoms. The number of rotatable bonds is 6. The maximum absolute atomic E-state index is 12.0. The fourth-order valence-corrected chi connectivity index (χ4v) is 2.76. The minimum Gasteiger partial charge on any atom is -0.481 e. The summed E-state index contributed by atoms with van der Waals surface area (Å²) in [5.41, 5.74) is 1.63. The molecule has 1 rings (SSSR count). The van der Waals surface area contributed by atoms with Gasteiger partial charge in [-0.15, -0.1) is 0 Å². The first-order chi connectivity index (χ1) is 9.13. The lowest BCUT2D eigenvalue weighted by Crippen LogP contribution is -2.42. The highest BCUT2D eigenvalue weighted by Crippen LogP contribution is 2.15. The summed E-state index contributed by atoms with van der Waals surface area (Å²) >= 11 is 0. The summed E-state index contributed by atoms with van der Waals surface area (Å²) in [4.78, 5) is 21.3. The lowest BCUT2D eigenvalue weighted by atomic mass is 10.1. The number of carboxylic acids is 2. The van der Waals surface area contributed by atoms with Gasteiger partial charge in [0.1, 0.15) is 6.04 Å². The second kappa shape index (κ2) is 6.02. The number of hydrogen-bond acceptors (Lipinski definition) is 4. The Labute approximate surface area is 116 Å². The highest BCUT2D eigenvalue weighted by atomic mass is 32.2. The predicted octanol–water partition coefficient (Wildman–Crippen LogP) is 0.510. The third kappa shape index (κ3) is 4.04. The zero-order valence-electron chi connectivity index (χ0n) is 11.0. The Hall–Kier alpha value is -1.93. The van der Waals surface area contributed by atoms with Crippen LogP contribution < -0.4 is 4.72 Å². The first-order valence-electron chi connectivity index (χ1n) is 5.67. The molecule has 0 amide bonds. The average Bonchev–Trinajstić information content (AvgIpc) is 2.30. The Morgan fingerprint density at radius 1 is 1.20 bits per heavy atom. The van der Waals surface area contributed by atoms with E-state index in [4.69, 9.17) is 10.2 Å². The summed E-state index contributed by atoms with van der Waals surface area (Å²) in [6, 6.07) is 2.62. The van der Waals surface area contributed by atoms with Gasteiger partial charge in [-0.2, -0.15) is 4.72 Å². The summed E-state index contributed by atoms with van der Waals surface area (Å²) in [7, 11) is -4.08. The highest BCUT2D eigenvalue weighted by molar-refractivity contribution is 7.89. The number of carbonyl (C=O) groups is 2. The number of carboxylic acid groups (broad SMARTS) is 2. The first-order valence-corrected chi connectivity index (χ1v) is 7.16. The van der Waals surface area contributed by atoms with E-state index in [2.05, 4.69) is 0 Å². The van der Waals surface area contributed by atoms with Gasteiger partial charge in [0.25, 0.3) is 0 Å². The number of hydrogen-bond donors (Lipinski definition) is 3. The maximum atomic E-state index is 12.0. The molecular weight excluding hydrogens is 286 g/mol. The maximum Gasteiger partial charge on any atom is 0.322 e. The zero-order valence-corrected chi connectivity index (χ0v) is 11.8. The Kier molecular flexibility index (Phi) is 4.85. The third-order valence-electron chi connectivity index (χ3n) is 2.76. The van der Waals surface area contributed by atoms with Gasteiger partial charge in [0.15, 0.2) is 0 Å². The van der Waals surface area contributed by atoms with E-state index in [0.717, 1.165) is 11.1 Å². The molecule has 0 heterocycles. The quantitative estimate of drug-likeness (QED) is 0.704. The van der Waals surface area contributed by atoms with Crippen LogP contribution in [0.15, 0.2) is 23.1 Å². The smallest absolute Gasteiger partial charge is 0.322 e.